The number of hydrogen-bond donors (Lipinski definition) is 1. The molecular formula is C29H29ClN2O4S. The molecule has 0 saturated heterocycles. The Kier molecular flexibility index (Phi) is 7.78. The highest BCUT2D eigenvalue weighted by molar-refractivity contribution is 7.90. The maximum absolute atomic E-state index is 13.9. The number of halogens is 1. The van der Waals surface area contributed by atoms with Crippen LogP contribution in [0.1, 0.15) is 24.2 Å². The summed E-state index contributed by atoms with van der Waals surface area (Å²) in [5, 5.41) is 6.75. The van der Waals surface area contributed by atoms with Gasteiger partial charge >= 0.3 is 0 Å². The molecule has 0 fully saturated rings. The zero-order valence-electron chi connectivity index (χ0n) is 20.8. The lowest BCUT2D eigenvalue weighted by Crippen LogP contribution is -2.23. The molecule has 0 bridgehead atoms. The van der Waals surface area contributed by atoms with Gasteiger partial charge in [0.05, 0.1) is 24.6 Å². The molecule has 6 nitrogen and oxygen atoms in total. The van der Waals surface area contributed by atoms with Gasteiger partial charge in [0.25, 0.3) is 10.0 Å². The Morgan fingerprint density at radius 1 is 0.811 bits per heavy atom. The molecule has 0 radical (unpaired) electrons. The van der Waals surface area contributed by atoms with Gasteiger partial charge in [-0.1, -0.05) is 60.7 Å². The number of benzene rings is 4. The van der Waals surface area contributed by atoms with Gasteiger partial charge < -0.3 is 14.8 Å². The van der Waals surface area contributed by atoms with Crippen molar-refractivity contribution >= 4 is 44.1 Å². The Balaban J connectivity index is 0.00000320. The number of aromatic nitrogens is 1. The van der Waals surface area contributed by atoms with Gasteiger partial charge in [-0.15, -0.1) is 12.4 Å². The number of nitrogens with one attached hydrogen (secondary N) is 1. The summed E-state index contributed by atoms with van der Waals surface area (Å²) in [5.41, 5.74) is 2.44. The lowest BCUT2D eigenvalue weighted by atomic mass is 10.00. The molecule has 0 aliphatic heterocycles. The maximum Gasteiger partial charge on any atom is 0.268 e. The molecule has 1 aromatic heterocycles. The van der Waals surface area contributed by atoms with E-state index in [0.717, 1.165) is 5.39 Å². The summed E-state index contributed by atoms with van der Waals surface area (Å²) >= 11 is 0. The lowest BCUT2D eigenvalue weighted by molar-refractivity contribution is 0.354. The summed E-state index contributed by atoms with van der Waals surface area (Å²) in [7, 11) is -0.907. The van der Waals surface area contributed by atoms with E-state index in [4.69, 9.17) is 9.47 Å². The lowest BCUT2D eigenvalue weighted by Gasteiger charge is -2.18. The molecule has 8 heteroatoms. The van der Waals surface area contributed by atoms with Crippen LogP contribution in [0.4, 0.5) is 0 Å². The van der Waals surface area contributed by atoms with Gasteiger partial charge in [0, 0.05) is 29.7 Å². The summed E-state index contributed by atoms with van der Waals surface area (Å²) in [5.74, 6) is 0.832. The van der Waals surface area contributed by atoms with Crippen molar-refractivity contribution in [1.29, 1.82) is 0 Å². The van der Waals surface area contributed by atoms with Crippen molar-refractivity contribution in [3.63, 3.8) is 0 Å². The standard InChI is InChI=1S/C29H28N2O4S.ClH/c1-20(25-13-8-11-21-9-4-6-12-26(21)25)30-19-23-17-22-10-5-7-14-27(22)31(23)36(32,33)24-15-16-28(34-2)29(18-24)35-3;/h4-18,20,30H,19H2,1-3H3;1H. The molecule has 1 N–H and O–H groups in total. The normalized spacial score (nSPS) is 12.3. The third-order valence-corrected chi connectivity index (χ3v) is 8.27. The third-order valence-electron chi connectivity index (χ3n) is 6.51. The molecule has 0 aliphatic rings. The van der Waals surface area contributed by atoms with Crippen molar-refractivity contribution in [1.82, 2.24) is 9.29 Å². The number of hydrogen-bond acceptors (Lipinski definition) is 5. The van der Waals surface area contributed by atoms with Gasteiger partial charge in [0.1, 0.15) is 0 Å². The van der Waals surface area contributed by atoms with E-state index in [1.54, 1.807) is 12.1 Å². The second-order valence-corrected chi connectivity index (χ2v) is 10.4. The van der Waals surface area contributed by atoms with Gasteiger partial charge in [0.15, 0.2) is 11.5 Å². The van der Waals surface area contributed by atoms with Crippen molar-refractivity contribution < 1.29 is 17.9 Å². The molecule has 0 saturated carbocycles. The van der Waals surface area contributed by atoms with E-state index in [-0.39, 0.29) is 23.3 Å². The average Bonchev–Trinajstić information content (AvgIpc) is 3.30. The molecule has 4 aromatic carbocycles. The SMILES string of the molecule is COc1ccc(S(=O)(=O)n2c(CNC(C)c3cccc4ccccc34)cc3ccccc32)cc1OC.Cl. The predicted molar refractivity (Wildman–Crippen MR) is 151 cm³/mol. The van der Waals surface area contributed by atoms with Crippen LogP contribution in [0.3, 0.4) is 0 Å². The number of methoxy groups -OCH3 is 2. The van der Waals surface area contributed by atoms with Crippen LogP contribution >= 0.6 is 12.4 Å². The third kappa shape index (κ3) is 4.90. The van der Waals surface area contributed by atoms with Gasteiger partial charge in [-0.3, -0.25) is 0 Å². The van der Waals surface area contributed by atoms with Gasteiger partial charge in [-0.25, -0.2) is 12.4 Å². The molecule has 1 unspecified atom stereocenters. The molecule has 1 atom stereocenters. The van der Waals surface area contributed by atoms with E-state index in [1.807, 2.05) is 48.5 Å². The van der Waals surface area contributed by atoms with Crippen LogP contribution in [0.5, 0.6) is 11.5 Å². The number of para-hydroxylation sites is 1. The molecule has 0 amide bonds. The molecule has 0 spiro atoms. The Labute approximate surface area is 223 Å². The largest absolute Gasteiger partial charge is 0.493 e. The molecule has 192 valence electrons. The molecular weight excluding hydrogens is 508 g/mol. The quantitative estimate of drug-likeness (QED) is 0.251. The fourth-order valence-corrected chi connectivity index (χ4v) is 6.23. The summed E-state index contributed by atoms with van der Waals surface area (Å²) in [6, 6.07) is 28.6. The smallest absolute Gasteiger partial charge is 0.268 e. The van der Waals surface area contributed by atoms with Crippen molar-refractivity contribution in [3.8, 4) is 11.5 Å². The Morgan fingerprint density at radius 2 is 1.49 bits per heavy atom. The minimum Gasteiger partial charge on any atom is -0.493 e. The van der Waals surface area contributed by atoms with Crippen molar-refractivity contribution in [2.45, 2.75) is 24.4 Å². The number of rotatable bonds is 8. The molecule has 5 rings (SSSR count). The Bertz CT molecular complexity index is 1660. The van der Waals surface area contributed by atoms with E-state index in [1.165, 1.54) is 40.6 Å². The average molecular weight is 537 g/mol. The van der Waals surface area contributed by atoms with E-state index < -0.39 is 10.0 Å². The van der Waals surface area contributed by atoms with Crippen LogP contribution in [0.25, 0.3) is 21.7 Å². The topological polar surface area (TPSA) is 69.6 Å². The first-order valence-corrected chi connectivity index (χ1v) is 13.2. The molecule has 37 heavy (non-hydrogen) atoms. The monoisotopic (exact) mass is 536 g/mol. The van der Waals surface area contributed by atoms with Crippen LogP contribution in [0, 0.1) is 0 Å². The van der Waals surface area contributed by atoms with Crippen LogP contribution < -0.4 is 14.8 Å². The van der Waals surface area contributed by atoms with Crippen molar-refractivity contribution in [3.05, 3.63) is 102 Å². The van der Waals surface area contributed by atoms with Crippen molar-refractivity contribution in [2.75, 3.05) is 14.2 Å². The van der Waals surface area contributed by atoms with Crippen LogP contribution in [0.2, 0.25) is 0 Å². The summed E-state index contributed by atoms with van der Waals surface area (Å²) in [4.78, 5) is 0.129. The molecule has 5 aromatic rings. The van der Waals surface area contributed by atoms with E-state index in [2.05, 4.69) is 36.5 Å². The number of fused-ring (bicyclic) bond motifs is 2. The second kappa shape index (κ2) is 10.8. The fraction of sp³-hybridized carbons (Fsp3) is 0.172. The summed E-state index contributed by atoms with van der Waals surface area (Å²) in [6.07, 6.45) is 0. The van der Waals surface area contributed by atoms with E-state index in [9.17, 15) is 8.42 Å². The zero-order chi connectivity index (χ0) is 25.3. The minimum absolute atomic E-state index is 0. The predicted octanol–water partition coefficient (Wildman–Crippen LogP) is 6.32. The summed E-state index contributed by atoms with van der Waals surface area (Å²) in [6.45, 7) is 2.46. The minimum atomic E-state index is -3.92. The van der Waals surface area contributed by atoms with Gasteiger partial charge in [-0.05, 0) is 47.5 Å². The number of ether oxygens (including phenoxy) is 2. The van der Waals surface area contributed by atoms with Crippen LogP contribution in [-0.4, -0.2) is 26.6 Å². The van der Waals surface area contributed by atoms with Gasteiger partial charge in [0.2, 0.25) is 0 Å². The Hall–Kier alpha value is -3.52. The van der Waals surface area contributed by atoms with E-state index >= 15 is 0 Å². The van der Waals surface area contributed by atoms with Gasteiger partial charge in [-0.2, -0.15) is 0 Å². The van der Waals surface area contributed by atoms with Crippen molar-refractivity contribution in [2.24, 2.45) is 0 Å². The molecule has 1 heterocycles. The highest BCUT2D eigenvalue weighted by Crippen LogP contribution is 2.33. The van der Waals surface area contributed by atoms with E-state index in [0.29, 0.717) is 29.3 Å². The highest BCUT2D eigenvalue weighted by Gasteiger charge is 2.25. The maximum atomic E-state index is 13.9. The van der Waals surface area contributed by atoms with Crippen LogP contribution in [0.15, 0.2) is 95.9 Å². The zero-order valence-corrected chi connectivity index (χ0v) is 22.5. The Morgan fingerprint density at radius 3 is 2.24 bits per heavy atom. The summed E-state index contributed by atoms with van der Waals surface area (Å²) < 4.78 is 39.9. The number of nitrogens with zero attached hydrogens (tertiary/aromatic N) is 1. The van der Waals surface area contributed by atoms with Crippen LogP contribution in [-0.2, 0) is 16.6 Å². The second-order valence-electron chi connectivity index (χ2n) is 8.65. The fourth-order valence-electron chi connectivity index (χ4n) is 4.67. The first-order valence-electron chi connectivity index (χ1n) is 11.7. The first-order chi connectivity index (χ1) is 17.4. The molecule has 0 aliphatic carbocycles. The highest BCUT2D eigenvalue weighted by atomic mass is 35.5. The first kappa shape index (κ1) is 26.5.